The minimum atomic E-state index is 0.780. The van der Waals surface area contributed by atoms with E-state index in [0.29, 0.717) is 0 Å². The second kappa shape index (κ2) is 9.75. The Morgan fingerprint density at radius 3 is 1.72 bits per heavy atom. The third-order valence-corrected chi connectivity index (χ3v) is 9.61. The fourth-order valence-corrected chi connectivity index (χ4v) is 7.59. The second-order valence-electron chi connectivity index (χ2n) is 12.1. The average Bonchev–Trinajstić information content (AvgIpc) is 3.84. The van der Waals surface area contributed by atoms with Gasteiger partial charge in [0.1, 0.15) is 0 Å². The maximum atomic E-state index is 5.37. The average molecular weight is 589 g/mol. The lowest BCUT2D eigenvalue weighted by Crippen LogP contribution is -2.00. The van der Waals surface area contributed by atoms with Gasteiger partial charge in [0, 0.05) is 30.4 Å². The van der Waals surface area contributed by atoms with Crippen LogP contribution in [0.15, 0.2) is 150 Å². The molecule has 6 aromatic carbocycles. The minimum absolute atomic E-state index is 0.780. The number of hydrogen-bond acceptors (Lipinski definition) is 2. The van der Waals surface area contributed by atoms with E-state index in [0.717, 1.165) is 52.1 Å². The zero-order valence-electron chi connectivity index (χ0n) is 25.1. The number of allylic oxidation sites excluding steroid dienone is 2. The van der Waals surface area contributed by atoms with Crippen LogP contribution in [0.25, 0.3) is 78.0 Å². The number of imidazole rings is 2. The van der Waals surface area contributed by atoms with Crippen LogP contribution in [-0.4, -0.2) is 20.2 Å². The lowest BCUT2D eigenvalue weighted by Gasteiger charge is -2.23. The van der Waals surface area contributed by atoms with Gasteiger partial charge >= 0.3 is 0 Å². The monoisotopic (exact) mass is 588 g/mol. The van der Waals surface area contributed by atoms with Crippen LogP contribution in [0.1, 0.15) is 12.0 Å². The summed E-state index contributed by atoms with van der Waals surface area (Å²) in [7, 11) is 0. The van der Waals surface area contributed by atoms with Gasteiger partial charge in [0.25, 0.3) is 0 Å². The molecule has 0 bridgehead atoms. The second-order valence-corrected chi connectivity index (χ2v) is 12.1. The first-order chi connectivity index (χ1) is 22.8. The molecule has 2 aromatic heterocycles. The van der Waals surface area contributed by atoms with Gasteiger partial charge in [0.05, 0.1) is 22.1 Å². The quantitative estimate of drug-likeness (QED) is 0.202. The van der Waals surface area contributed by atoms with Gasteiger partial charge in [-0.05, 0) is 80.4 Å². The lowest BCUT2D eigenvalue weighted by molar-refractivity contribution is 1.10. The molecule has 4 nitrogen and oxygen atoms in total. The van der Waals surface area contributed by atoms with E-state index in [4.69, 9.17) is 4.98 Å². The molecule has 0 unspecified atom stereocenters. The van der Waals surface area contributed by atoms with Gasteiger partial charge in [0.15, 0.2) is 0 Å². The van der Waals surface area contributed by atoms with Crippen molar-refractivity contribution in [3.63, 3.8) is 0 Å². The standard InChI is InChI=1S/C42H28N4/c1-2-14-31-30(13-1)32-15-3-4-17-34(32)36-23-22-29(26-37(36)35-18-6-5-16-33(31)35)45-38-19-7-8-20-39(38)46-40-21-9-11-27(41(40)44-42(45)46)25-28-12-10-24-43-28/h1-9,11-24,26H,10,25H2. The van der Waals surface area contributed by atoms with Crippen LogP contribution in [0.2, 0.25) is 0 Å². The molecule has 2 aliphatic rings. The Hall–Kier alpha value is -6.00. The summed E-state index contributed by atoms with van der Waals surface area (Å²) in [5, 5.41) is 0. The van der Waals surface area contributed by atoms with E-state index in [1.807, 2.05) is 6.21 Å². The molecule has 0 fully saturated rings. The molecule has 0 atom stereocenters. The molecule has 216 valence electrons. The number of benzene rings is 6. The van der Waals surface area contributed by atoms with E-state index in [9.17, 15) is 0 Å². The molecule has 46 heavy (non-hydrogen) atoms. The molecule has 0 N–H and O–H groups in total. The number of para-hydroxylation sites is 3. The van der Waals surface area contributed by atoms with Crippen LogP contribution in [0, 0.1) is 0 Å². The first-order valence-corrected chi connectivity index (χ1v) is 15.9. The van der Waals surface area contributed by atoms with Crippen molar-refractivity contribution in [2.24, 2.45) is 4.99 Å². The van der Waals surface area contributed by atoms with Crippen molar-refractivity contribution in [2.45, 2.75) is 12.8 Å². The summed E-state index contributed by atoms with van der Waals surface area (Å²) < 4.78 is 4.64. The Kier molecular flexibility index (Phi) is 5.37. The zero-order chi connectivity index (χ0) is 30.2. The summed E-state index contributed by atoms with van der Waals surface area (Å²) >= 11 is 0. The summed E-state index contributed by atoms with van der Waals surface area (Å²) in [6.07, 6.45) is 5.87. The molecule has 0 saturated heterocycles. The summed E-state index contributed by atoms with van der Waals surface area (Å²) in [6.45, 7) is 0. The summed E-state index contributed by atoms with van der Waals surface area (Å²) in [6, 6.07) is 48.5. The Balaban J connectivity index is 1.26. The maximum absolute atomic E-state index is 5.37. The van der Waals surface area contributed by atoms with Crippen LogP contribution < -0.4 is 0 Å². The molecule has 0 saturated carbocycles. The molecule has 8 aromatic rings. The highest BCUT2D eigenvalue weighted by molar-refractivity contribution is 6.03. The van der Waals surface area contributed by atoms with Crippen LogP contribution >= 0.6 is 0 Å². The summed E-state index contributed by atoms with van der Waals surface area (Å²) in [5.74, 6) is 0.914. The number of nitrogens with zero attached hydrogens (tertiary/aromatic N) is 4. The van der Waals surface area contributed by atoms with Crippen LogP contribution in [0.4, 0.5) is 0 Å². The highest BCUT2D eigenvalue weighted by Gasteiger charge is 2.24. The maximum Gasteiger partial charge on any atom is 0.220 e. The number of rotatable bonds is 3. The Morgan fingerprint density at radius 2 is 1.09 bits per heavy atom. The first kappa shape index (κ1) is 25.3. The minimum Gasteiger partial charge on any atom is -0.278 e. The van der Waals surface area contributed by atoms with Crippen molar-refractivity contribution in [3.05, 3.63) is 151 Å². The van der Waals surface area contributed by atoms with E-state index in [1.165, 1.54) is 50.1 Å². The molecule has 4 heteroatoms. The van der Waals surface area contributed by atoms with Gasteiger partial charge < -0.3 is 0 Å². The van der Waals surface area contributed by atoms with E-state index in [2.05, 4.69) is 153 Å². The van der Waals surface area contributed by atoms with Gasteiger partial charge in [-0.3, -0.25) is 14.0 Å². The number of hydrogen-bond donors (Lipinski definition) is 0. The van der Waals surface area contributed by atoms with Crippen LogP contribution in [-0.2, 0) is 6.42 Å². The van der Waals surface area contributed by atoms with E-state index in [-0.39, 0.29) is 0 Å². The van der Waals surface area contributed by atoms with Crippen molar-refractivity contribution in [3.8, 4) is 50.2 Å². The Bertz CT molecular complexity index is 2590. The predicted molar refractivity (Wildman–Crippen MR) is 190 cm³/mol. The third-order valence-electron chi connectivity index (χ3n) is 9.61. The Morgan fingerprint density at radius 1 is 0.522 bits per heavy atom. The molecular formula is C42H28N4. The van der Waals surface area contributed by atoms with Crippen molar-refractivity contribution < 1.29 is 0 Å². The van der Waals surface area contributed by atoms with Gasteiger partial charge in [-0.1, -0.05) is 109 Å². The van der Waals surface area contributed by atoms with Gasteiger partial charge in [0.2, 0.25) is 5.78 Å². The number of fused-ring (bicyclic) bond motifs is 13. The molecule has 0 spiro atoms. The molecular weight excluding hydrogens is 560 g/mol. The number of aliphatic imine (C=N–C) groups is 1. The van der Waals surface area contributed by atoms with Crippen molar-refractivity contribution in [1.82, 2.24) is 14.0 Å². The predicted octanol–water partition coefficient (Wildman–Crippen LogP) is 10.3. The van der Waals surface area contributed by atoms with Crippen LogP contribution in [0.5, 0.6) is 0 Å². The fraction of sp³-hybridized carbons (Fsp3) is 0.0476. The normalized spacial score (nSPS) is 13.3. The SMILES string of the molecule is C1=NC(Cc2cccc3c2nc2n(-c4ccc5c(c4)-c4ccccc4-c4ccccc4-c4ccccc4-5)c4ccccc4n32)=CC1. The molecule has 3 heterocycles. The Labute approximate surface area is 266 Å². The topological polar surface area (TPSA) is 34.6 Å². The molecule has 0 radical (unpaired) electrons. The van der Waals surface area contributed by atoms with E-state index < -0.39 is 0 Å². The van der Waals surface area contributed by atoms with Crippen molar-refractivity contribution >= 4 is 34.1 Å². The lowest BCUT2D eigenvalue weighted by atomic mass is 9.81. The summed E-state index contributed by atoms with van der Waals surface area (Å²) in [5.41, 5.74) is 17.8. The van der Waals surface area contributed by atoms with Crippen molar-refractivity contribution in [2.75, 3.05) is 0 Å². The first-order valence-electron chi connectivity index (χ1n) is 15.9. The molecule has 0 amide bonds. The van der Waals surface area contributed by atoms with Gasteiger partial charge in [-0.25, -0.2) is 4.98 Å². The fourth-order valence-electron chi connectivity index (χ4n) is 7.59. The third kappa shape index (κ3) is 3.61. The highest BCUT2D eigenvalue weighted by Crippen LogP contribution is 2.48. The largest absolute Gasteiger partial charge is 0.278 e. The van der Waals surface area contributed by atoms with Crippen LogP contribution in [0.3, 0.4) is 0 Å². The van der Waals surface area contributed by atoms with Crippen molar-refractivity contribution in [1.29, 1.82) is 0 Å². The highest BCUT2D eigenvalue weighted by atomic mass is 15.2. The molecule has 1 aliphatic carbocycles. The molecule has 1 aliphatic heterocycles. The number of aromatic nitrogens is 3. The summed E-state index contributed by atoms with van der Waals surface area (Å²) in [4.78, 5) is 9.97. The van der Waals surface area contributed by atoms with Gasteiger partial charge in [-0.15, -0.1) is 0 Å². The zero-order valence-corrected chi connectivity index (χ0v) is 25.1. The smallest absolute Gasteiger partial charge is 0.220 e. The van der Waals surface area contributed by atoms with E-state index in [1.54, 1.807) is 0 Å². The molecule has 10 rings (SSSR count). The van der Waals surface area contributed by atoms with Gasteiger partial charge in [-0.2, -0.15) is 0 Å². The van der Waals surface area contributed by atoms with E-state index >= 15 is 0 Å².